The number of benzene rings is 2. The molecule has 22 N–H and O–H groups in total. The van der Waals surface area contributed by atoms with E-state index in [0.717, 1.165) is 6.92 Å². The number of carboxylic acids is 1. The second-order valence-corrected chi connectivity index (χ2v) is 27.8. The quantitative estimate of drug-likeness (QED) is 0.0192. The lowest BCUT2D eigenvalue weighted by molar-refractivity contribution is -0.192. The Morgan fingerprint density at radius 3 is 1.70 bits per heavy atom. The number of aliphatic carboxylic acids is 1. The molecule has 2 unspecified atom stereocenters. The van der Waals surface area contributed by atoms with Gasteiger partial charge in [0.05, 0.1) is 38.6 Å². The van der Waals surface area contributed by atoms with Gasteiger partial charge in [0.25, 0.3) is 0 Å². The maximum Gasteiger partial charge on any atom is 0.490 e. The Kier molecular flexibility index (Phi) is 39.5. The summed E-state index contributed by atoms with van der Waals surface area (Å²) in [5.41, 5.74) is 16.0. The SMILES string of the molecule is CC[C@H](C)C1NC(=O)[C@@H](CCCN=C(N)N)NC(=O)[C@H](CC(C)C)NC(=O)[C@H]([C@H](O)C(C)C)NC(=O)[C@@H](NC(=O)[C@H](CC(C)C)NC(=O)[C@@H](COCc2ccccc2)NC(=O)OC(C)(C)C)[C@@H](c2ccccc2)OC(=O)[C@H](CO)NC(=O)[C@H]([C@H](O)C(N)=O)NC(=O)CNC(=O)C([C@H](C)O)NC1=O.O=C(O)C(F)(F)F. The molecule has 1 aliphatic rings. The predicted octanol–water partition coefficient (Wildman–Crippen LogP) is -3.06. The Labute approximate surface area is 627 Å². The first kappa shape index (κ1) is 94.8. The van der Waals surface area contributed by atoms with E-state index in [0.29, 0.717) is 5.56 Å². The molecule has 2 aromatic rings. The monoisotopic (exact) mass is 1550 g/mol. The largest absolute Gasteiger partial charge is 0.490 e. The molecule has 0 bridgehead atoms. The summed E-state index contributed by atoms with van der Waals surface area (Å²) in [5.74, 6) is -20.9. The van der Waals surface area contributed by atoms with E-state index in [9.17, 15) is 81.5 Å². The predicted molar refractivity (Wildman–Crippen MR) is 382 cm³/mol. The third-order valence-electron chi connectivity index (χ3n) is 16.0. The number of nitrogens with one attached hydrogen (secondary N) is 11. The van der Waals surface area contributed by atoms with Crippen LogP contribution >= 0.6 is 0 Å². The van der Waals surface area contributed by atoms with Crippen molar-refractivity contribution < 1.29 is 120 Å². The smallest absolute Gasteiger partial charge is 0.475 e. The Hall–Kier alpha value is -10.3. The van der Waals surface area contributed by atoms with Crippen LogP contribution in [0.4, 0.5) is 18.0 Å². The number of rotatable bonds is 26. The van der Waals surface area contributed by atoms with E-state index >= 15 is 14.4 Å². The number of carbonyl (C=O) groups excluding carboxylic acids is 13. The molecule has 15 atom stereocenters. The highest BCUT2D eigenvalue weighted by Gasteiger charge is 2.44. The fraction of sp³-hybridized carbons (Fsp3) is 0.609. The van der Waals surface area contributed by atoms with E-state index in [-0.39, 0.29) is 56.8 Å². The van der Waals surface area contributed by atoms with Gasteiger partial charge in [-0.1, -0.05) is 122 Å². The number of hydrogen-bond acceptors (Lipinski definition) is 22. The zero-order chi connectivity index (χ0) is 83.0. The van der Waals surface area contributed by atoms with Gasteiger partial charge in [-0.3, -0.25) is 57.7 Å². The topological polar surface area (TPSA) is 591 Å². The van der Waals surface area contributed by atoms with Crippen molar-refractivity contribution in [1.29, 1.82) is 0 Å². The Morgan fingerprint density at radius 2 is 1.18 bits per heavy atom. The molecule has 610 valence electrons. The maximum atomic E-state index is 15.6. The molecule has 0 radical (unpaired) electrons. The molecule has 0 saturated carbocycles. The van der Waals surface area contributed by atoms with Crippen LogP contribution in [0.25, 0.3) is 0 Å². The summed E-state index contributed by atoms with van der Waals surface area (Å²) >= 11 is 0. The van der Waals surface area contributed by atoms with Crippen LogP contribution in [0.3, 0.4) is 0 Å². The molecule has 0 spiro atoms. The average Bonchev–Trinajstić information content (AvgIpc) is 0.811. The van der Waals surface area contributed by atoms with Crippen LogP contribution in [0.1, 0.15) is 132 Å². The van der Waals surface area contributed by atoms with Crippen molar-refractivity contribution in [2.45, 2.75) is 218 Å². The van der Waals surface area contributed by atoms with E-state index in [1.54, 1.807) is 92.6 Å². The van der Waals surface area contributed by atoms with Gasteiger partial charge in [-0.2, -0.15) is 13.2 Å². The van der Waals surface area contributed by atoms with E-state index in [1.165, 1.54) is 44.2 Å². The Bertz CT molecular complexity index is 3420. The average molecular weight is 1550 g/mol. The molecule has 0 aliphatic carbocycles. The molecule has 3 rings (SSSR count). The van der Waals surface area contributed by atoms with E-state index in [2.05, 4.69) is 52.8 Å². The van der Waals surface area contributed by atoms with Gasteiger partial charge in [0, 0.05) is 6.54 Å². The van der Waals surface area contributed by atoms with Crippen molar-refractivity contribution >= 4 is 89.0 Å². The van der Waals surface area contributed by atoms with Crippen molar-refractivity contribution in [3.05, 3.63) is 71.8 Å². The van der Waals surface area contributed by atoms with Crippen LogP contribution in [0, 0.1) is 23.7 Å². The van der Waals surface area contributed by atoms with Gasteiger partial charge in [0.1, 0.15) is 60.0 Å². The highest BCUT2D eigenvalue weighted by atomic mass is 19.4. The second-order valence-electron chi connectivity index (χ2n) is 27.8. The first-order valence-corrected chi connectivity index (χ1v) is 34.9. The summed E-state index contributed by atoms with van der Waals surface area (Å²) in [5, 5.41) is 78.1. The normalized spacial score (nSPS) is 22.4. The lowest BCUT2D eigenvalue weighted by Gasteiger charge is -2.34. The van der Waals surface area contributed by atoms with Gasteiger partial charge in [-0.15, -0.1) is 0 Å². The van der Waals surface area contributed by atoms with E-state index in [1.807, 2.05) is 10.6 Å². The molecule has 37 nitrogen and oxygen atoms in total. The number of guanidine groups is 1. The number of nitrogens with two attached hydrogens (primary N) is 3. The van der Waals surface area contributed by atoms with Gasteiger partial charge >= 0.3 is 24.2 Å². The third kappa shape index (κ3) is 33.8. The molecule has 40 heteroatoms. The number of hydrogen-bond donors (Lipinski definition) is 19. The highest BCUT2D eigenvalue weighted by molar-refractivity contribution is 6.00. The van der Waals surface area contributed by atoms with E-state index < -0.39 is 223 Å². The van der Waals surface area contributed by atoms with Crippen molar-refractivity contribution in [2.75, 3.05) is 26.3 Å². The summed E-state index contributed by atoms with van der Waals surface area (Å²) in [7, 11) is 0. The summed E-state index contributed by atoms with van der Waals surface area (Å²) in [4.78, 5) is 199. The number of alkyl halides is 3. The van der Waals surface area contributed by atoms with E-state index in [4.69, 9.17) is 41.3 Å². The minimum absolute atomic E-state index is 0.0231. The highest BCUT2D eigenvalue weighted by Crippen LogP contribution is 2.25. The fourth-order valence-electron chi connectivity index (χ4n) is 10.1. The minimum Gasteiger partial charge on any atom is -0.475 e. The van der Waals surface area contributed by atoms with Crippen LogP contribution in [0.5, 0.6) is 0 Å². The zero-order valence-electron chi connectivity index (χ0n) is 62.7. The molecule has 1 heterocycles. The molecule has 0 aromatic heterocycles. The fourth-order valence-corrected chi connectivity index (χ4v) is 10.1. The number of amides is 12. The minimum atomic E-state index is -5.08. The standard InChI is InChI=1S/C67H105N15O20.C2HF3O2/c1-13-36(8)46-60(94)80-47(37(9)84)59(93)72-29-45(85)78-49(52(87)54(68)88)62(96)76-43(30-83)64(98)101-53(39-23-18-15-19-24-39)50(82-57(91)42(28-34(4)5)74-58(92)44(77-66(99)102-67(10,11)12)32-100-31-38-21-16-14-17-22-38)63(97)81-48(51(86)35(6)7)61(95)75-41(27-33(2)3)56(90)73-40(55(89)79-46)25-20-26-71-65(69)70;3-2(4,5)1(6)7/h14-19,21-24,33-37,40-44,46-53,83-84,86-87H,13,20,25-32H2,1-12H3,(H2,68,88)(H,72,93)(H,73,90)(H,74,92)(H,75,95)(H,76,96)(H,77,99)(H,78,85)(H,79,89)(H,80,94)(H,81,97)(H,82,91)(H4,69,70,71);(H,6,7)/t36-,37-,40+,41-,42-,43-,44+,46?,47?,48-,49-,50-,51+,52-,53+;/m0./s1. The van der Waals surface area contributed by atoms with Crippen LogP contribution in [-0.4, -0.2) is 231 Å². The number of ether oxygens (including phenoxy) is 3. The van der Waals surface area contributed by atoms with Crippen molar-refractivity contribution in [2.24, 2.45) is 45.9 Å². The number of cyclic esters (lactones) is 1. The summed E-state index contributed by atoms with van der Waals surface area (Å²) < 4.78 is 49.0. The number of halogens is 3. The molecular formula is C69H106F3N15O22. The number of carbonyl (C=O) groups is 14. The van der Waals surface area contributed by atoms with Crippen LogP contribution < -0.4 is 75.7 Å². The Morgan fingerprint density at radius 1 is 0.651 bits per heavy atom. The zero-order valence-corrected chi connectivity index (χ0v) is 62.7. The van der Waals surface area contributed by atoms with Crippen LogP contribution in [-0.2, 0) is 83.1 Å². The maximum absolute atomic E-state index is 15.6. The second kappa shape index (κ2) is 45.5. The summed E-state index contributed by atoms with van der Waals surface area (Å²) in [6.45, 7) is 15.6. The summed E-state index contributed by atoms with van der Waals surface area (Å²) in [6.07, 6.45) is -14.8. The van der Waals surface area contributed by atoms with Gasteiger partial charge in [-0.05, 0) is 88.2 Å². The van der Waals surface area contributed by atoms with Gasteiger partial charge < -0.3 is 115 Å². The van der Waals surface area contributed by atoms with Gasteiger partial charge in [-0.25, -0.2) is 14.4 Å². The van der Waals surface area contributed by atoms with Crippen LogP contribution in [0.2, 0.25) is 0 Å². The van der Waals surface area contributed by atoms with Crippen molar-refractivity contribution in [1.82, 2.24) is 58.5 Å². The lowest BCUT2D eigenvalue weighted by atomic mass is 9.95. The van der Waals surface area contributed by atoms with Crippen LogP contribution in [0.15, 0.2) is 65.7 Å². The van der Waals surface area contributed by atoms with Crippen molar-refractivity contribution in [3.8, 4) is 0 Å². The molecular weight excluding hydrogens is 1450 g/mol. The third-order valence-corrected chi connectivity index (χ3v) is 16.0. The molecule has 109 heavy (non-hydrogen) atoms. The Balaban J connectivity index is 0.00000547. The van der Waals surface area contributed by atoms with Gasteiger partial charge in [0.2, 0.25) is 65.0 Å². The number of alkyl carbamates (subject to hydrolysis) is 1. The molecule has 12 amide bonds. The number of aliphatic imine (C=N–C) groups is 1. The summed E-state index contributed by atoms with van der Waals surface area (Å²) in [6, 6.07) is -3.16. The number of nitrogens with zero attached hydrogens (tertiary/aromatic N) is 1. The molecule has 1 aliphatic heterocycles. The number of carboxylic acid groups (broad SMARTS) is 1. The molecule has 1 saturated heterocycles. The van der Waals surface area contributed by atoms with Crippen molar-refractivity contribution in [3.63, 3.8) is 0 Å². The molecule has 2 aromatic carbocycles. The number of primary amides is 1. The number of aliphatic hydroxyl groups is 4. The van der Waals surface area contributed by atoms with Gasteiger partial charge in [0.15, 0.2) is 24.2 Å². The number of aliphatic hydroxyl groups excluding tert-OH is 4. The first-order chi connectivity index (χ1) is 50.7. The lowest BCUT2D eigenvalue weighted by Crippen LogP contribution is -2.64. The molecule has 1 fully saturated rings. The first-order valence-electron chi connectivity index (χ1n) is 34.9. The number of esters is 1.